The van der Waals surface area contributed by atoms with Gasteiger partial charge in [-0.05, 0) is 24.3 Å². The molecule has 1 aromatic carbocycles. The van der Waals surface area contributed by atoms with Crippen LogP contribution < -0.4 is 5.73 Å². The molecule has 1 aliphatic carbocycles. The summed E-state index contributed by atoms with van der Waals surface area (Å²) in [6, 6.07) is 8.66. The van der Waals surface area contributed by atoms with E-state index in [1.807, 2.05) is 30.3 Å². The Morgan fingerprint density at radius 1 is 1.19 bits per heavy atom. The molecule has 3 rings (SSSR count). The standard InChI is InChI=1S/C16H18N2O2S/c1-9-7-11-12(8-9)16(20)18(15(11)19)13(14(17)21)10-5-3-2-4-6-10/h2-6,9,11-13H,7-8H2,1H3,(H2,17,21). The van der Waals surface area contributed by atoms with Gasteiger partial charge in [-0.15, -0.1) is 0 Å². The van der Waals surface area contributed by atoms with Crippen LogP contribution in [0.4, 0.5) is 0 Å². The highest BCUT2D eigenvalue weighted by atomic mass is 32.1. The lowest BCUT2D eigenvalue weighted by atomic mass is 10.00. The number of rotatable bonds is 3. The average Bonchev–Trinajstić information content (AvgIpc) is 2.93. The van der Waals surface area contributed by atoms with E-state index in [-0.39, 0.29) is 28.6 Å². The van der Waals surface area contributed by atoms with Gasteiger partial charge in [0.25, 0.3) is 0 Å². The Hall–Kier alpha value is -1.75. The zero-order chi connectivity index (χ0) is 15.1. The van der Waals surface area contributed by atoms with E-state index >= 15 is 0 Å². The van der Waals surface area contributed by atoms with Crippen molar-refractivity contribution >= 4 is 29.0 Å². The Morgan fingerprint density at radius 3 is 2.19 bits per heavy atom. The summed E-state index contributed by atoms with van der Waals surface area (Å²) < 4.78 is 0. The fourth-order valence-corrected chi connectivity index (χ4v) is 3.88. The molecule has 1 saturated carbocycles. The number of thiocarbonyl (C=S) groups is 1. The number of carbonyl (C=O) groups excluding carboxylic acids is 2. The summed E-state index contributed by atoms with van der Waals surface area (Å²) in [7, 11) is 0. The van der Waals surface area contributed by atoms with Crippen LogP contribution in [0, 0.1) is 17.8 Å². The Bertz CT molecular complexity index is 578. The van der Waals surface area contributed by atoms with Gasteiger partial charge in [-0.2, -0.15) is 0 Å². The van der Waals surface area contributed by atoms with Gasteiger partial charge in [0, 0.05) is 0 Å². The van der Waals surface area contributed by atoms with E-state index in [2.05, 4.69) is 6.92 Å². The first-order valence-electron chi connectivity index (χ1n) is 7.22. The molecule has 2 amide bonds. The summed E-state index contributed by atoms with van der Waals surface area (Å²) in [5.74, 6) is -0.178. The molecule has 21 heavy (non-hydrogen) atoms. The van der Waals surface area contributed by atoms with Crippen LogP contribution in [-0.2, 0) is 9.59 Å². The van der Waals surface area contributed by atoms with Crippen molar-refractivity contribution in [3.63, 3.8) is 0 Å². The topological polar surface area (TPSA) is 63.4 Å². The number of carbonyl (C=O) groups is 2. The normalized spacial score (nSPS) is 29.6. The molecule has 3 atom stereocenters. The highest BCUT2D eigenvalue weighted by molar-refractivity contribution is 7.80. The lowest BCUT2D eigenvalue weighted by Gasteiger charge is -2.27. The maximum Gasteiger partial charge on any atom is 0.234 e. The van der Waals surface area contributed by atoms with E-state index in [0.29, 0.717) is 5.92 Å². The lowest BCUT2D eigenvalue weighted by molar-refractivity contribution is -0.141. The number of fused-ring (bicyclic) bond motifs is 1. The molecule has 0 spiro atoms. The van der Waals surface area contributed by atoms with Crippen molar-refractivity contribution < 1.29 is 9.59 Å². The number of hydrogen-bond acceptors (Lipinski definition) is 3. The van der Waals surface area contributed by atoms with Crippen LogP contribution in [-0.4, -0.2) is 21.7 Å². The molecule has 3 unspecified atom stereocenters. The fourth-order valence-electron chi connectivity index (χ4n) is 3.63. The van der Waals surface area contributed by atoms with Gasteiger partial charge in [-0.3, -0.25) is 14.5 Å². The SMILES string of the molecule is CC1CC2C(=O)N(C(C(N)=S)c3ccccc3)C(=O)C2C1. The summed E-state index contributed by atoms with van der Waals surface area (Å²) in [5, 5.41) is 0. The number of hydrogen-bond donors (Lipinski definition) is 1. The summed E-state index contributed by atoms with van der Waals surface area (Å²) in [6.07, 6.45) is 1.56. The third-order valence-corrected chi connectivity index (χ3v) is 4.77. The molecular weight excluding hydrogens is 284 g/mol. The van der Waals surface area contributed by atoms with Crippen molar-refractivity contribution in [1.82, 2.24) is 4.90 Å². The molecule has 2 N–H and O–H groups in total. The molecule has 0 radical (unpaired) electrons. The van der Waals surface area contributed by atoms with Gasteiger partial charge in [0.2, 0.25) is 11.8 Å². The first-order valence-corrected chi connectivity index (χ1v) is 7.62. The highest BCUT2D eigenvalue weighted by Gasteiger charge is 2.54. The van der Waals surface area contributed by atoms with Crippen LogP contribution in [0.3, 0.4) is 0 Å². The minimum Gasteiger partial charge on any atom is -0.391 e. The Kier molecular flexibility index (Phi) is 3.53. The molecule has 2 aliphatic rings. The van der Waals surface area contributed by atoms with Crippen LogP contribution in [0.25, 0.3) is 0 Å². The molecule has 110 valence electrons. The third kappa shape index (κ3) is 2.25. The van der Waals surface area contributed by atoms with Gasteiger partial charge < -0.3 is 5.73 Å². The summed E-state index contributed by atoms with van der Waals surface area (Å²) in [6.45, 7) is 2.09. The fraction of sp³-hybridized carbons (Fsp3) is 0.438. The third-order valence-electron chi connectivity index (χ3n) is 4.55. The molecule has 1 aromatic rings. The van der Waals surface area contributed by atoms with Crippen LogP contribution in [0.5, 0.6) is 0 Å². The first-order chi connectivity index (χ1) is 10.0. The quantitative estimate of drug-likeness (QED) is 0.685. The second kappa shape index (κ2) is 5.22. The summed E-state index contributed by atoms with van der Waals surface area (Å²) in [4.78, 5) is 26.8. The van der Waals surface area contributed by atoms with Crippen LogP contribution in [0.1, 0.15) is 31.4 Å². The van der Waals surface area contributed by atoms with E-state index in [9.17, 15) is 9.59 Å². The van der Waals surface area contributed by atoms with Crippen LogP contribution in [0.2, 0.25) is 0 Å². The molecular formula is C16H18N2O2S. The molecule has 5 heteroatoms. The first kappa shape index (κ1) is 14.2. The lowest BCUT2D eigenvalue weighted by Crippen LogP contribution is -2.41. The molecule has 1 heterocycles. The summed E-state index contributed by atoms with van der Waals surface area (Å²) >= 11 is 5.13. The van der Waals surface area contributed by atoms with E-state index in [1.54, 1.807) is 0 Å². The number of nitrogens with zero attached hydrogens (tertiary/aromatic N) is 1. The minimum absolute atomic E-state index is 0.115. The smallest absolute Gasteiger partial charge is 0.234 e. The Balaban J connectivity index is 1.97. The predicted molar refractivity (Wildman–Crippen MR) is 83.2 cm³/mol. The van der Waals surface area contributed by atoms with Crippen molar-refractivity contribution in [2.75, 3.05) is 0 Å². The van der Waals surface area contributed by atoms with Crippen LogP contribution in [0.15, 0.2) is 30.3 Å². The van der Waals surface area contributed by atoms with E-state index in [1.165, 1.54) is 4.90 Å². The van der Waals surface area contributed by atoms with Crippen molar-refractivity contribution in [2.24, 2.45) is 23.5 Å². The number of imide groups is 1. The zero-order valence-electron chi connectivity index (χ0n) is 11.9. The van der Waals surface area contributed by atoms with Crippen molar-refractivity contribution in [1.29, 1.82) is 0 Å². The van der Waals surface area contributed by atoms with Gasteiger partial charge in [0.15, 0.2) is 0 Å². The molecule has 4 nitrogen and oxygen atoms in total. The summed E-state index contributed by atoms with van der Waals surface area (Å²) in [5.41, 5.74) is 6.63. The minimum atomic E-state index is -0.623. The number of likely N-dealkylation sites (tertiary alicyclic amines) is 1. The van der Waals surface area contributed by atoms with E-state index in [0.717, 1.165) is 18.4 Å². The van der Waals surface area contributed by atoms with Gasteiger partial charge in [0.1, 0.15) is 11.0 Å². The molecule has 1 saturated heterocycles. The van der Waals surface area contributed by atoms with Gasteiger partial charge >= 0.3 is 0 Å². The molecule has 1 aliphatic heterocycles. The van der Waals surface area contributed by atoms with Crippen LogP contribution >= 0.6 is 12.2 Å². The monoisotopic (exact) mass is 302 g/mol. The van der Waals surface area contributed by atoms with Gasteiger partial charge in [0.05, 0.1) is 11.8 Å². The van der Waals surface area contributed by atoms with Crippen molar-refractivity contribution in [2.45, 2.75) is 25.8 Å². The zero-order valence-corrected chi connectivity index (χ0v) is 12.7. The second-order valence-electron chi connectivity index (χ2n) is 6.05. The maximum absolute atomic E-state index is 12.7. The molecule has 0 bridgehead atoms. The number of amides is 2. The largest absolute Gasteiger partial charge is 0.391 e. The van der Waals surface area contributed by atoms with Gasteiger partial charge in [-0.25, -0.2) is 0 Å². The van der Waals surface area contributed by atoms with Crippen molar-refractivity contribution in [3.8, 4) is 0 Å². The van der Waals surface area contributed by atoms with E-state index in [4.69, 9.17) is 18.0 Å². The highest BCUT2D eigenvalue weighted by Crippen LogP contribution is 2.45. The number of benzene rings is 1. The molecule has 0 aromatic heterocycles. The van der Waals surface area contributed by atoms with Crippen molar-refractivity contribution in [3.05, 3.63) is 35.9 Å². The predicted octanol–water partition coefficient (Wildman–Crippen LogP) is 2.04. The Labute approximate surface area is 129 Å². The van der Waals surface area contributed by atoms with E-state index < -0.39 is 6.04 Å². The molecule has 2 fully saturated rings. The average molecular weight is 302 g/mol. The maximum atomic E-state index is 12.7. The number of nitrogens with two attached hydrogens (primary N) is 1. The second-order valence-corrected chi connectivity index (χ2v) is 6.52. The Morgan fingerprint density at radius 2 is 1.71 bits per heavy atom. The van der Waals surface area contributed by atoms with Gasteiger partial charge in [-0.1, -0.05) is 49.5 Å².